The smallest absolute Gasteiger partial charge is 0.243 e. The molecule has 1 aromatic rings. The molecule has 0 spiro atoms. The van der Waals surface area contributed by atoms with E-state index in [0.29, 0.717) is 6.42 Å². The zero-order chi connectivity index (χ0) is 15.5. The van der Waals surface area contributed by atoms with Gasteiger partial charge in [0, 0.05) is 34.5 Å². The molecule has 0 aliphatic carbocycles. The van der Waals surface area contributed by atoms with E-state index in [-0.39, 0.29) is 23.0 Å². The van der Waals surface area contributed by atoms with E-state index < -0.39 is 31.5 Å². The molecule has 8 heteroatoms. The van der Waals surface area contributed by atoms with Crippen LogP contribution in [0.2, 0.25) is 0 Å². The summed E-state index contributed by atoms with van der Waals surface area (Å²) in [6, 6.07) is 2.46. The predicted octanol–water partition coefficient (Wildman–Crippen LogP) is 1.15. The summed E-state index contributed by atoms with van der Waals surface area (Å²) in [5, 5.41) is -0.134. The van der Waals surface area contributed by atoms with E-state index in [2.05, 4.69) is 4.72 Å². The Bertz CT molecular complexity index is 617. The van der Waals surface area contributed by atoms with Crippen molar-refractivity contribution in [3.8, 4) is 0 Å². The van der Waals surface area contributed by atoms with Gasteiger partial charge in [-0.2, -0.15) is 0 Å². The van der Waals surface area contributed by atoms with Crippen LogP contribution in [0.1, 0.15) is 18.9 Å². The number of halogens is 1. The van der Waals surface area contributed by atoms with Gasteiger partial charge in [-0.05, 0) is 31.0 Å². The van der Waals surface area contributed by atoms with Crippen LogP contribution in [0.4, 0.5) is 10.1 Å². The Hall–Kier alpha value is -0.990. The zero-order valence-corrected chi connectivity index (χ0v) is 13.3. The highest BCUT2D eigenvalue weighted by molar-refractivity contribution is 7.89. The maximum Gasteiger partial charge on any atom is 0.243 e. The minimum absolute atomic E-state index is 0.0936. The molecule has 2 atom stereocenters. The average Bonchev–Trinajstić information content (AvgIpc) is 2.33. The fourth-order valence-corrected chi connectivity index (χ4v) is 3.28. The Labute approximate surface area is 121 Å². The number of nitrogen functional groups attached to an aromatic ring is 1. The Morgan fingerprint density at radius 3 is 2.60 bits per heavy atom. The van der Waals surface area contributed by atoms with Crippen molar-refractivity contribution in [2.45, 2.75) is 30.4 Å². The highest BCUT2D eigenvalue weighted by Crippen LogP contribution is 2.21. The largest absolute Gasteiger partial charge is 0.399 e. The van der Waals surface area contributed by atoms with Crippen LogP contribution in [-0.2, 0) is 20.8 Å². The fraction of sp³-hybridized carbons (Fsp3) is 0.500. The second-order valence-electron chi connectivity index (χ2n) is 4.65. The molecule has 0 heterocycles. The maximum atomic E-state index is 13.9. The topological polar surface area (TPSA) is 89.3 Å². The van der Waals surface area contributed by atoms with Crippen LogP contribution >= 0.6 is 0 Å². The highest BCUT2D eigenvalue weighted by atomic mass is 32.2. The first-order valence-electron chi connectivity index (χ1n) is 6.02. The number of benzene rings is 1. The average molecular weight is 322 g/mol. The Balaban J connectivity index is 2.87. The molecule has 0 fully saturated rings. The molecule has 0 aromatic heterocycles. The van der Waals surface area contributed by atoms with Crippen molar-refractivity contribution < 1.29 is 17.0 Å². The number of nitrogens with two attached hydrogens (primary N) is 1. The lowest BCUT2D eigenvalue weighted by Gasteiger charge is -2.12. The summed E-state index contributed by atoms with van der Waals surface area (Å²) in [4.78, 5) is -0.458. The molecule has 0 aliphatic heterocycles. The minimum Gasteiger partial charge on any atom is -0.399 e. The maximum absolute atomic E-state index is 13.9. The van der Waals surface area contributed by atoms with Crippen molar-refractivity contribution in [2.24, 2.45) is 0 Å². The molecule has 1 aromatic carbocycles. The lowest BCUT2D eigenvalue weighted by Crippen LogP contribution is -2.28. The summed E-state index contributed by atoms with van der Waals surface area (Å²) in [6.07, 6.45) is 1.96. The van der Waals surface area contributed by atoms with E-state index >= 15 is 0 Å². The molecule has 20 heavy (non-hydrogen) atoms. The second-order valence-corrected chi connectivity index (χ2v) is 8.18. The van der Waals surface area contributed by atoms with E-state index in [1.807, 2.05) is 0 Å². The quantitative estimate of drug-likeness (QED) is 0.769. The molecule has 0 bridgehead atoms. The molecular weight excluding hydrogens is 303 g/mol. The first kappa shape index (κ1) is 17.1. The number of anilines is 1. The standard InChI is InChI=1S/C12H19FN2O3S2/c1-8-6-10(14)7-11(12(8)13)20(17,18)15-5-4-9(2)19(3)16/h6-7,9,15H,4-5,14H2,1-3H3. The normalized spacial score (nSPS) is 15.0. The highest BCUT2D eigenvalue weighted by Gasteiger charge is 2.21. The number of hydrogen-bond acceptors (Lipinski definition) is 4. The molecule has 114 valence electrons. The summed E-state index contributed by atoms with van der Waals surface area (Å²) in [5.41, 5.74) is 5.90. The zero-order valence-electron chi connectivity index (χ0n) is 11.6. The van der Waals surface area contributed by atoms with Crippen LogP contribution in [0.25, 0.3) is 0 Å². The van der Waals surface area contributed by atoms with Gasteiger partial charge in [0.2, 0.25) is 10.0 Å². The number of sulfonamides is 1. The van der Waals surface area contributed by atoms with Crippen molar-refractivity contribution >= 4 is 26.5 Å². The number of rotatable bonds is 6. The fourth-order valence-electron chi connectivity index (χ4n) is 1.60. The molecule has 2 unspecified atom stereocenters. The van der Waals surface area contributed by atoms with Gasteiger partial charge in [-0.15, -0.1) is 0 Å². The summed E-state index contributed by atoms with van der Waals surface area (Å²) >= 11 is 0. The van der Waals surface area contributed by atoms with Crippen molar-refractivity contribution in [3.63, 3.8) is 0 Å². The summed E-state index contributed by atoms with van der Waals surface area (Å²) in [7, 11) is -4.98. The van der Waals surface area contributed by atoms with Gasteiger partial charge in [-0.1, -0.05) is 6.92 Å². The Morgan fingerprint density at radius 2 is 2.05 bits per heavy atom. The van der Waals surface area contributed by atoms with Crippen molar-refractivity contribution in [2.75, 3.05) is 18.5 Å². The summed E-state index contributed by atoms with van der Waals surface area (Å²) < 4.78 is 51.4. The predicted molar refractivity (Wildman–Crippen MR) is 78.9 cm³/mol. The summed E-state index contributed by atoms with van der Waals surface area (Å²) in [5.74, 6) is -0.807. The van der Waals surface area contributed by atoms with Gasteiger partial charge in [0.15, 0.2) is 0 Å². The van der Waals surface area contributed by atoms with Gasteiger partial charge in [-0.3, -0.25) is 4.21 Å². The molecule has 1 rings (SSSR count). The van der Waals surface area contributed by atoms with E-state index in [9.17, 15) is 17.0 Å². The molecule has 3 N–H and O–H groups in total. The van der Waals surface area contributed by atoms with E-state index in [1.54, 1.807) is 13.2 Å². The minimum atomic E-state index is -3.96. The third-order valence-corrected chi connectivity index (χ3v) is 5.77. The number of hydrogen-bond donors (Lipinski definition) is 2. The van der Waals surface area contributed by atoms with Gasteiger partial charge < -0.3 is 5.73 Å². The molecule has 0 amide bonds. The van der Waals surface area contributed by atoms with Crippen LogP contribution in [0, 0.1) is 12.7 Å². The Kier molecular flexibility index (Phi) is 5.67. The van der Waals surface area contributed by atoms with Crippen LogP contribution in [0.3, 0.4) is 0 Å². The van der Waals surface area contributed by atoms with Crippen LogP contribution in [-0.4, -0.2) is 30.7 Å². The van der Waals surface area contributed by atoms with Crippen molar-refractivity contribution in [1.29, 1.82) is 0 Å². The van der Waals surface area contributed by atoms with Gasteiger partial charge in [-0.25, -0.2) is 17.5 Å². The first-order valence-corrected chi connectivity index (χ1v) is 9.13. The first-order chi connectivity index (χ1) is 9.15. The summed E-state index contributed by atoms with van der Waals surface area (Å²) in [6.45, 7) is 3.30. The molecule has 0 aliphatic rings. The third kappa shape index (κ3) is 4.26. The Morgan fingerprint density at radius 1 is 1.45 bits per heavy atom. The van der Waals surface area contributed by atoms with E-state index in [0.717, 1.165) is 6.07 Å². The lowest BCUT2D eigenvalue weighted by molar-refractivity contribution is 0.551. The van der Waals surface area contributed by atoms with E-state index in [4.69, 9.17) is 5.73 Å². The molecule has 5 nitrogen and oxygen atoms in total. The monoisotopic (exact) mass is 322 g/mol. The number of nitrogens with one attached hydrogen (secondary N) is 1. The molecule has 0 saturated carbocycles. The van der Waals surface area contributed by atoms with Gasteiger partial charge >= 0.3 is 0 Å². The van der Waals surface area contributed by atoms with Crippen LogP contribution in [0.5, 0.6) is 0 Å². The lowest BCUT2D eigenvalue weighted by atomic mass is 10.2. The second kappa shape index (κ2) is 6.64. The van der Waals surface area contributed by atoms with Gasteiger partial charge in [0.05, 0.1) is 0 Å². The SMILES string of the molecule is Cc1cc(N)cc(S(=O)(=O)NCCC(C)S(C)=O)c1F. The van der Waals surface area contributed by atoms with Crippen LogP contribution < -0.4 is 10.5 Å². The molecular formula is C12H19FN2O3S2. The van der Waals surface area contributed by atoms with Crippen molar-refractivity contribution in [1.82, 2.24) is 4.72 Å². The van der Waals surface area contributed by atoms with Gasteiger partial charge in [0.25, 0.3) is 0 Å². The molecule has 0 radical (unpaired) electrons. The van der Waals surface area contributed by atoms with Crippen LogP contribution in [0.15, 0.2) is 17.0 Å². The van der Waals surface area contributed by atoms with Crippen molar-refractivity contribution in [3.05, 3.63) is 23.5 Å². The van der Waals surface area contributed by atoms with Gasteiger partial charge in [0.1, 0.15) is 10.7 Å². The number of aryl methyl sites for hydroxylation is 1. The molecule has 0 saturated heterocycles. The van der Waals surface area contributed by atoms with E-state index in [1.165, 1.54) is 13.0 Å². The third-order valence-electron chi connectivity index (χ3n) is 2.94.